The van der Waals surface area contributed by atoms with Crippen molar-refractivity contribution < 1.29 is 5.11 Å². The number of aliphatic hydroxyl groups excluding tert-OH is 1. The van der Waals surface area contributed by atoms with Gasteiger partial charge in [0, 0.05) is 6.04 Å². The van der Waals surface area contributed by atoms with Crippen LogP contribution in [-0.2, 0) is 0 Å². The average Bonchev–Trinajstić information content (AvgIpc) is 2.91. The van der Waals surface area contributed by atoms with Gasteiger partial charge in [-0.05, 0) is 93.1 Å². The summed E-state index contributed by atoms with van der Waals surface area (Å²) in [6, 6.07) is 0.685. The molecule has 2 nitrogen and oxygen atoms in total. The first-order valence-corrected chi connectivity index (χ1v) is 10.2. The van der Waals surface area contributed by atoms with Crippen LogP contribution in [0.25, 0.3) is 0 Å². The Morgan fingerprint density at radius 3 is 2.54 bits per heavy atom. The summed E-state index contributed by atoms with van der Waals surface area (Å²) in [6.07, 6.45) is 13.8. The molecule has 0 aromatic rings. The zero-order valence-electron chi connectivity index (χ0n) is 15.9. The van der Waals surface area contributed by atoms with Crippen molar-refractivity contribution in [1.29, 1.82) is 0 Å². The lowest BCUT2D eigenvalue weighted by molar-refractivity contribution is -0.0245. The molecule has 24 heavy (non-hydrogen) atoms. The van der Waals surface area contributed by atoms with Crippen LogP contribution in [0.5, 0.6) is 0 Å². The standard InChI is InChI=1S/C22H35NO/c1-14(24)18-7-8-19-17-6-5-15-13-16(23-4)9-11-21(15,2)20(17)10-12-22(18,19)3/h5,7,14,16-17,19-20,23-24H,6,8-13H2,1-4H3. The Hall–Kier alpha value is -0.600. The van der Waals surface area contributed by atoms with Crippen LogP contribution >= 0.6 is 0 Å². The molecular formula is C22H35NO. The molecule has 4 aliphatic carbocycles. The lowest BCUT2D eigenvalue weighted by Gasteiger charge is -2.58. The Bertz CT molecular complexity index is 577. The third-order valence-corrected chi connectivity index (χ3v) is 8.60. The second-order valence-electron chi connectivity index (χ2n) is 9.52. The number of hydrogen-bond donors (Lipinski definition) is 2. The van der Waals surface area contributed by atoms with E-state index in [0.29, 0.717) is 11.5 Å². The first-order chi connectivity index (χ1) is 11.4. The van der Waals surface area contributed by atoms with E-state index in [2.05, 4.69) is 38.4 Å². The van der Waals surface area contributed by atoms with Gasteiger partial charge < -0.3 is 10.4 Å². The molecule has 4 rings (SSSR count). The van der Waals surface area contributed by atoms with Crippen molar-refractivity contribution in [3.8, 4) is 0 Å². The maximum atomic E-state index is 10.3. The average molecular weight is 330 g/mol. The van der Waals surface area contributed by atoms with Gasteiger partial charge in [-0.3, -0.25) is 0 Å². The van der Waals surface area contributed by atoms with E-state index in [-0.39, 0.29) is 11.5 Å². The van der Waals surface area contributed by atoms with Crippen molar-refractivity contribution in [2.75, 3.05) is 7.05 Å². The molecular weight excluding hydrogens is 294 g/mol. The van der Waals surface area contributed by atoms with Gasteiger partial charge in [-0.1, -0.05) is 31.6 Å². The van der Waals surface area contributed by atoms with E-state index in [4.69, 9.17) is 0 Å². The van der Waals surface area contributed by atoms with Crippen molar-refractivity contribution in [2.45, 2.75) is 77.9 Å². The summed E-state index contributed by atoms with van der Waals surface area (Å²) in [6.45, 7) is 6.98. The molecule has 0 amide bonds. The minimum atomic E-state index is -0.270. The summed E-state index contributed by atoms with van der Waals surface area (Å²) in [5, 5.41) is 13.8. The molecule has 0 heterocycles. The van der Waals surface area contributed by atoms with Gasteiger partial charge >= 0.3 is 0 Å². The van der Waals surface area contributed by atoms with E-state index in [1.807, 2.05) is 6.92 Å². The highest BCUT2D eigenvalue weighted by Gasteiger charge is 2.56. The molecule has 0 aliphatic heterocycles. The van der Waals surface area contributed by atoms with Crippen molar-refractivity contribution in [3.05, 3.63) is 23.3 Å². The predicted octanol–water partition coefficient (Wildman–Crippen LogP) is 4.45. The van der Waals surface area contributed by atoms with E-state index < -0.39 is 0 Å². The van der Waals surface area contributed by atoms with Gasteiger partial charge in [-0.2, -0.15) is 0 Å². The Kier molecular flexibility index (Phi) is 4.01. The predicted molar refractivity (Wildman–Crippen MR) is 99.7 cm³/mol. The topological polar surface area (TPSA) is 32.3 Å². The van der Waals surface area contributed by atoms with E-state index in [0.717, 1.165) is 17.8 Å². The van der Waals surface area contributed by atoms with Crippen LogP contribution in [0.1, 0.15) is 65.7 Å². The third kappa shape index (κ3) is 2.22. The number of aliphatic hydroxyl groups is 1. The number of allylic oxidation sites excluding steroid dienone is 2. The Morgan fingerprint density at radius 2 is 1.83 bits per heavy atom. The minimum absolute atomic E-state index is 0.249. The highest BCUT2D eigenvalue weighted by molar-refractivity contribution is 5.31. The molecule has 2 N–H and O–H groups in total. The van der Waals surface area contributed by atoms with Gasteiger partial charge in [0.2, 0.25) is 0 Å². The van der Waals surface area contributed by atoms with E-state index >= 15 is 0 Å². The number of rotatable bonds is 2. The molecule has 7 unspecified atom stereocenters. The lowest BCUT2D eigenvalue weighted by atomic mass is 9.47. The zero-order valence-corrected chi connectivity index (χ0v) is 15.9. The fourth-order valence-electron chi connectivity index (χ4n) is 7.16. The molecule has 0 aromatic heterocycles. The third-order valence-electron chi connectivity index (χ3n) is 8.60. The summed E-state index contributed by atoms with van der Waals surface area (Å²) < 4.78 is 0. The minimum Gasteiger partial charge on any atom is -0.389 e. The molecule has 2 saturated carbocycles. The van der Waals surface area contributed by atoms with Crippen LogP contribution in [0.4, 0.5) is 0 Å². The van der Waals surface area contributed by atoms with Crippen LogP contribution < -0.4 is 5.32 Å². The van der Waals surface area contributed by atoms with Gasteiger partial charge in [0.1, 0.15) is 0 Å². The zero-order chi connectivity index (χ0) is 17.1. The molecule has 4 aliphatic rings. The summed E-state index contributed by atoms with van der Waals surface area (Å²) in [7, 11) is 2.12. The fourth-order valence-corrected chi connectivity index (χ4v) is 7.16. The molecule has 0 aromatic carbocycles. The van der Waals surface area contributed by atoms with Gasteiger partial charge in [-0.25, -0.2) is 0 Å². The Morgan fingerprint density at radius 1 is 1.08 bits per heavy atom. The highest BCUT2D eigenvalue weighted by Crippen LogP contribution is 2.65. The molecule has 0 saturated heterocycles. The normalized spacial score (nSPS) is 48.7. The smallest absolute Gasteiger partial charge is 0.0727 e. The summed E-state index contributed by atoms with van der Waals surface area (Å²) in [4.78, 5) is 0. The van der Waals surface area contributed by atoms with E-state index in [1.165, 1.54) is 50.5 Å². The summed E-state index contributed by atoms with van der Waals surface area (Å²) in [5.41, 5.74) is 3.77. The number of hydrogen-bond acceptors (Lipinski definition) is 2. The van der Waals surface area contributed by atoms with Crippen LogP contribution in [0, 0.1) is 28.6 Å². The lowest BCUT2D eigenvalue weighted by Crippen LogP contribution is -2.51. The largest absolute Gasteiger partial charge is 0.389 e. The molecule has 134 valence electrons. The molecule has 0 spiro atoms. The first-order valence-electron chi connectivity index (χ1n) is 10.2. The fraction of sp³-hybridized carbons (Fsp3) is 0.818. The second-order valence-corrected chi connectivity index (χ2v) is 9.52. The second kappa shape index (κ2) is 5.71. The molecule has 0 bridgehead atoms. The SMILES string of the molecule is CNC1CCC2(C)C(=CCC3C2CCC2(C)C(C(C)O)=CCC32)C1. The van der Waals surface area contributed by atoms with Crippen molar-refractivity contribution >= 4 is 0 Å². The van der Waals surface area contributed by atoms with Crippen molar-refractivity contribution in [3.63, 3.8) is 0 Å². The Labute approximate surface area is 147 Å². The molecule has 2 heteroatoms. The quantitative estimate of drug-likeness (QED) is 0.733. The van der Waals surface area contributed by atoms with Crippen LogP contribution in [0.15, 0.2) is 23.3 Å². The van der Waals surface area contributed by atoms with Gasteiger partial charge in [-0.15, -0.1) is 0 Å². The number of fused-ring (bicyclic) bond motifs is 5. The first kappa shape index (κ1) is 16.8. The number of nitrogens with one attached hydrogen (secondary N) is 1. The maximum Gasteiger partial charge on any atom is 0.0727 e. The monoisotopic (exact) mass is 329 g/mol. The van der Waals surface area contributed by atoms with Crippen molar-refractivity contribution in [1.82, 2.24) is 5.32 Å². The van der Waals surface area contributed by atoms with Crippen LogP contribution in [0.3, 0.4) is 0 Å². The maximum absolute atomic E-state index is 10.3. The van der Waals surface area contributed by atoms with Gasteiger partial charge in [0.05, 0.1) is 6.10 Å². The highest BCUT2D eigenvalue weighted by atomic mass is 16.3. The van der Waals surface area contributed by atoms with Crippen LogP contribution in [0.2, 0.25) is 0 Å². The molecule has 2 fully saturated rings. The molecule has 0 radical (unpaired) electrons. The molecule has 7 atom stereocenters. The van der Waals surface area contributed by atoms with E-state index in [9.17, 15) is 5.11 Å². The van der Waals surface area contributed by atoms with E-state index in [1.54, 1.807) is 5.57 Å². The van der Waals surface area contributed by atoms with Gasteiger partial charge in [0.25, 0.3) is 0 Å². The van der Waals surface area contributed by atoms with Crippen molar-refractivity contribution in [2.24, 2.45) is 28.6 Å². The summed E-state index contributed by atoms with van der Waals surface area (Å²) in [5.74, 6) is 2.42. The van der Waals surface area contributed by atoms with Gasteiger partial charge in [0.15, 0.2) is 0 Å². The van der Waals surface area contributed by atoms with Crippen LogP contribution in [-0.4, -0.2) is 24.3 Å². The Balaban J connectivity index is 1.63. The summed E-state index contributed by atoms with van der Waals surface area (Å²) >= 11 is 0.